The van der Waals surface area contributed by atoms with E-state index in [0.29, 0.717) is 12.3 Å². The smallest absolute Gasteiger partial charge is 0.273 e. The van der Waals surface area contributed by atoms with Gasteiger partial charge in [0, 0.05) is 18.7 Å². The third kappa shape index (κ3) is 4.34. The van der Waals surface area contributed by atoms with Gasteiger partial charge in [-0.15, -0.1) is 0 Å². The summed E-state index contributed by atoms with van der Waals surface area (Å²) in [7, 11) is 0. The molecule has 2 unspecified atom stereocenters. The Morgan fingerprint density at radius 2 is 2.36 bits per heavy atom. The van der Waals surface area contributed by atoms with Crippen LogP contribution in [0, 0.1) is 17.0 Å². The Kier molecular flexibility index (Phi) is 5.30. The van der Waals surface area contributed by atoms with E-state index in [1.165, 1.54) is 12.1 Å². The molecule has 3 rings (SSSR count). The lowest BCUT2D eigenvalue weighted by Gasteiger charge is -2.25. The summed E-state index contributed by atoms with van der Waals surface area (Å²) in [5.74, 6) is 1.19. The van der Waals surface area contributed by atoms with Crippen molar-refractivity contribution in [2.45, 2.75) is 31.9 Å². The molecular weight excluding hydrogens is 326 g/mol. The Hall–Kier alpha value is -2.45. The van der Waals surface area contributed by atoms with Crippen LogP contribution in [0.4, 0.5) is 5.69 Å². The van der Waals surface area contributed by atoms with Crippen molar-refractivity contribution in [1.29, 1.82) is 0 Å². The zero-order valence-corrected chi connectivity index (χ0v) is 14.0. The van der Waals surface area contributed by atoms with Gasteiger partial charge in [0.1, 0.15) is 18.5 Å². The summed E-state index contributed by atoms with van der Waals surface area (Å²) >= 11 is 0. The van der Waals surface area contributed by atoms with Crippen molar-refractivity contribution in [3.05, 3.63) is 51.9 Å². The number of nitro groups is 1. The lowest BCUT2D eigenvalue weighted by molar-refractivity contribution is -0.384. The van der Waals surface area contributed by atoms with Gasteiger partial charge in [-0.05, 0) is 32.4 Å². The van der Waals surface area contributed by atoms with Crippen LogP contribution in [0.5, 0.6) is 5.75 Å². The summed E-state index contributed by atoms with van der Waals surface area (Å²) in [4.78, 5) is 12.5. The van der Waals surface area contributed by atoms with Gasteiger partial charge in [0.25, 0.3) is 5.69 Å². The third-order valence-corrected chi connectivity index (χ3v) is 4.25. The van der Waals surface area contributed by atoms with Crippen LogP contribution in [0.2, 0.25) is 0 Å². The van der Waals surface area contributed by atoms with E-state index in [0.717, 1.165) is 30.8 Å². The Balaban J connectivity index is 1.54. The van der Waals surface area contributed by atoms with Crippen LogP contribution >= 0.6 is 0 Å². The van der Waals surface area contributed by atoms with Crippen LogP contribution in [0.25, 0.3) is 0 Å². The van der Waals surface area contributed by atoms with Crippen molar-refractivity contribution in [2.24, 2.45) is 0 Å². The van der Waals surface area contributed by atoms with Gasteiger partial charge in [-0.1, -0.05) is 11.2 Å². The number of hydrogen-bond acceptors (Lipinski definition) is 7. The van der Waals surface area contributed by atoms with Gasteiger partial charge in [-0.3, -0.25) is 15.0 Å². The molecule has 1 fully saturated rings. The first-order valence-corrected chi connectivity index (χ1v) is 8.25. The molecule has 0 saturated carbocycles. The normalized spacial score (nSPS) is 19.0. The fourth-order valence-corrected chi connectivity index (χ4v) is 3.11. The second-order valence-electron chi connectivity index (χ2n) is 6.24. The number of benzene rings is 1. The molecule has 134 valence electrons. The Labute approximate surface area is 145 Å². The van der Waals surface area contributed by atoms with Crippen LogP contribution in [-0.4, -0.2) is 45.9 Å². The van der Waals surface area contributed by atoms with E-state index in [9.17, 15) is 15.2 Å². The maximum Gasteiger partial charge on any atom is 0.273 e. The first-order valence-electron chi connectivity index (χ1n) is 8.25. The van der Waals surface area contributed by atoms with Crippen LogP contribution in [0.3, 0.4) is 0 Å². The minimum absolute atomic E-state index is 0.0349. The molecule has 0 spiro atoms. The summed E-state index contributed by atoms with van der Waals surface area (Å²) in [5.41, 5.74) is 0.809. The summed E-state index contributed by atoms with van der Waals surface area (Å²) in [6.07, 6.45) is 1.29. The number of β-amino-alcohol motifs (C(OH)–C–C–N with tert-alkyl or cyclic N) is 1. The molecule has 0 radical (unpaired) electrons. The molecule has 2 heterocycles. The van der Waals surface area contributed by atoms with Crippen LogP contribution in [0.1, 0.15) is 30.3 Å². The molecule has 1 aromatic heterocycles. The second-order valence-corrected chi connectivity index (χ2v) is 6.24. The number of nitrogens with zero attached hydrogens (tertiary/aromatic N) is 3. The average Bonchev–Trinajstić information content (AvgIpc) is 3.22. The minimum Gasteiger partial charge on any atom is -0.491 e. The van der Waals surface area contributed by atoms with Gasteiger partial charge < -0.3 is 14.4 Å². The number of ether oxygens (including phenoxy) is 1. The highest BCUT2D eigenvalue weighted by molar-refractivity contribution is 5.37. The zero-order valence-electron chi connectivity index (χ0n) is 14.0. The highest BCUT2D eigenvalue weighted by Gasteiger charge is 2.30. The van der Waals surface area contributed by atoms with E-state index in [1.54, 1.807) is 12.1 Å². The summed E-state index contributed by atoms with van der Waals surface area (Å²) < 4.78 is 10.9. The van der Waals surface area contributed by atoms with Gasteiger partial charge in [0.05, 0.1) is 22.7 Å². The maximum absolute atomic E-state index is 10.8. The molecule has 1 N–H and O–H groups in total. The number of rotatable bonds is 7. The van der Waals surface area contributed by atoms with Gasteiger partial charge in [0.15, 0.2) is 5.76 Å². The SMILES string of the molecule is Cc1cc(C2CCCN2CC(O)COc2cccc([N+](=O)[O-])c2)on1. The molecule has 8 nitrogen and oxygen atoms in total. The minimum atomic E-state index is -0.705. The first kappa shape index (κ1) is 17.4. The van der Waals surface area contributed by atoms with Crippen LogP contribution in [0.15, 0.2) is 34.9 Å². The third-order valence-electron chi connectivity index (χ3n) is 4.25. The Morgan fingerprint density at radius 3 is 3.08 bits per heavy atom. The van der Waals surface area contributed by atoms with Crippen molar-refractivity contribution in [2.75, 3.05) is 19.7 Å². The number of aryl methyl sites for hydroxylation is 1. The van der Waals surface area contributed by atoms with E-state index in [1.807, 2.05) is 13.0 Å². The number of likely N-dealkylation sites (tertiary alicyclic amines) is 1. The van der Waals surface area contributed by atoms with Gasteiger partial charge >= 0.3 is 0 Å². The quantitative estimate of drug-likeness (QED) is 0.606. The number of aliphatic hydroxyl groups is 1. The molecule has 1 saturated heterocycles. The monoisotopic (exact) mass is 347 g/mol. The largest absolute Gasteiger partial charge is 0.491 e. The Bertz CT molecular complexity index is 733. The predicted octanol–water partition coefficient (Wildman–Crippen LogP) is 2.47. The number of aromatic nitrogens is 1. The molecule has 0 bridgehead atoms. The Morgan fingerprint density at radius 1 is 1.52 bits per heavy atom. The first-order chi connectivity index (χ1) is 12.0. The van der Waals surface area contributed by atoms with Crippen molar-refractivity contribution in [3.63, 3.8) is 0 Å². The molecule has 2 aromatic rings. The van der Waals surface area contributed by atoms with Gasteiger partial charge in [0.2, 0.25) is 0 Å². The summed E-state index contributed by atoms with van der Waals surface area (Å²) in [6.45, 7) is 3.27. The molecule has 1 aromatic carbocycles. The molecular formula is C17H21N3O5. The maximum atomic E-state index is 10.8. The van der Waals surface area contributed by atoms with E-state index in [2.05, 4.69) is 10.1 Å². The summed E-state index contributed by atoms with van der Waals surface area (Å²) in [6, 6.07) is 7.99. The molecule has 8 heteroatoms. The van der Waals surface area contributed by atoms with E-state index in [-0.39, 0.29) is 18.3 Å². The standard InChI is InChI=1S/C17H21N3O5/c1-12-8-17(25-18-12)16-6-3-7-19(16)10-14(21)11-24-15-5-2-4-13(9-15)20(22)23/h2,4-5,8-9,14,16,21H,3,6-7,10-11H2,1H3. The average molecular weight is 347 g/mol. The number of nitro benzene ring substituents is 1. The fraction of sp³-hybridized carbons (Fsp3) is 0.471. The van der Waals surface area contributed by atoms with Crippen molar-refractivity contribution < 1.29 is 19.3 Å². The van der Waals surface area contributed by atoms with E-state index >= 15 is 0 Å². The number of non-ortho nitro benzene ring substituents is 1. The highest BCUT2D eigenvalue weighted by Crippen LogP contribution is 2.32. The highest BCUT2D eigenvalue weighted by atomic mass is 16.6. The van der Waals surface area contributed by atoms with Crippen LogP contribution in [-0.2, 0) is 0 Å². The molecule has 0 aliphatic carbocycles. The predicted molar refractivity (Wildman–Crippen MR) is 89.4 cm³/mol. The number of hydrogen-bond donors (Lipinski definition) is 1. The molecule has 25 heavy (non-hydrogen) atoms. The molecule has 0 amide bonds. The molecule has 1 aliphatic rings. The van der Waals surface area contributed by atoms with E-state index in [4.69, 9.17) is 9.26 Å². The van der Waals surface area contributed by atoms with Gasteiger partial charge in [-0.25, -0.2) is 0 Å². The second kappa shape index (κ2) is 7.62. The van der Waals surface area contributed by atoms with Gasteiger partial charge in [-0.2, -0.15) is 0 Å². The lowest BCUT2D eigenvalue weighted by atomic mass is 10.1. The summed E-state index contributed by atoms with van der Waals surface area (Å²) in [5, 5.41) is 25.0. The molecule has 2 atom stereocenters. The van der Waals surface area contributed by atoms with Crippen molar-refractivity contribution in [3.8, 4) is 5.75 Å². The van der Waals surface area contributed by atoms with Crippen LogP contribution < -0.4 is 4.74 Å². The fourth-order valence-electron chi connectivity index (χ4n) is 3.11. The zero-order chi connectivity index (χ0) is 17.8. The lowest BCUT2D eigenvalue weighted by Crippen LogP contribution is -2.35. The topological polar surface area (TPSA) is 102 Å². The molecule has 1 aliphatic heterocycles. The number of aliphatic hydroxyl groups excluding tert-OH is 1. The van der Waals surface area contributed by atoms with Crippen molar-refractivity contribution >= 4 is 5.69 Å². The van der Waals surface area contributed by atoms with Crippen molar-refractivity contribution in [1.82, 2.24) is 10.1 Å². The van der Waals surface area contributed by atoms with E-state index < -0.39 is 11.0 Å².